The van der Waals surface area contributed by atoms with Crippen LogP contribution in [0.1, 0.15) is 15.9 Å². The molecule has 0 saturated heterocycles. The van der Waals surface area contributed by atoms with Crippen LogP contribution in [0.15, 0.2) is 60.7 Å². The number of carboxylic acid groups (broad SMARTS) is 1. The normalized spacial score (nSPS) is 11.7. The summed E-state index contributed by atoms with van der Waals surface area (Å²) < 4.78 is 0. The Morgan fingerprint density at radius 1 is 0.955 bits per heavy atom. The summed E-state index contributed by atoms with van der Waals surface area (Å²) in [5.41, 5.74) is 1.18. The topological polar surface area (TPSA) is 77.8 Å². The molecule has 2 rings (SSSR count). The molecule has 0 spiro atoms. The monoisotopic (exact) mass is 299 g/mol. The lowest BCUT2D eigenvalue weighted by Gasteiger charge is -2.28. The van der Waals surface area contributed by atoms with Gasteiger partial charge in [0.05, 0.1) is 6.61 Å². The van der Waals surface area contributed by atoms with Gasteiger partial charge in [0.25, 0.3) is 5.91 Å². The number of carbonyl (C=O) groups is 2. The Balaban J connectivity index is 2.32. The van der Waals surface area contributed by atoms with Crippen molar-refractivity contribution in [1.29, 1.82) is 0 Å². The molecule has 5 heteroatoms. The van der Waals surface area contributed by atoms with Gasteiger partial charge in [-0.05, 0) is 17.7 Å². The number of aliphatic carboxylic acids is 1. The number of amides is 1. The van der Waals surface area contributed by atoms with E-state index < -0.39 is 24.5 Å². The second-order valence-electron chi connectivity index (χ2n) is 4.82. The summed E-state index contributed by atoms with van der Waals surface area (Å²) in [5.74, 6) is -1.66. The molecule has 0 heterocycles. The minimum Gasteiger partial charge on any atom is -0.480 e. The first-order valence-corrected chi connectivity index (χ1v) is 6.87. The molecule has 22 heavy (non-hydrogen) atoms. The van der Waals surface area contributed by atoms with Gasteiger partial charge in [-0.15, -0.1) is 0 Å². The molecule has 0 aliphatic rings. The van der Waals surface area contributed by atoms with Crippen molar-refractivity contribution in [3.8, 4) is 0 Å². The highest BCUT2D eigenvalue weighted by molar-refractivity contribution is 5.96. The number of benzene rings is 2. The molecule has 0 unspecified atom stereocenters. The van der Waals surface area contributed by atoms with Gasteiger partial charge < -0.3 is 15.1 Å². The fourth-order valence-corrected chi connectivity index (χ4v) is 2.16. The van der Waals surface area contributed by atoms with Gasteiger partial charge in [-0.1, -0.05) is 48.5 Å². The van der Waals surface area contributed by atoms with Crippen LogP contribution in [0, 0.1) is 0 Å². The maximum atomic E-state index is 12.6. The molecule has 1 amide bonds. The average Bonchev–Trinajstić information content (AvgIpc) is 2.55. The fraction of sp³-hybridized carbons (Fsp3) is 0.176. The molecule has 0 radical (unpaired) electrons. The third-order valence-electron chi connectivity index (χ3n) is 3.31. The van der Waals surface area contributed by atoms with Crippen LogP contribution in [0.25, 0.3) is 0 Å². The van der Waals surface area contributed by atoms with Crippen LogP contribution >= 0.6 is 0 Å². The van der Waals surface area contributed by atoms with Gasteiger partial charge in [-0.25, -0.2) is 4.79 Å². The summed E-state index contributed by atoms with van der Waals surface area (Å²) >= 11 is 0. The lowest BCUT2D eigenvalue weighted by atomic mass is 10.1. The van der Waals surface area contributed by atoms with E-state index in [1.165, 1.54) is 4.90 Å². The number of rotatable bonds is 6. The highest BCUT2D eigenvalue weighted by Crippen LogP contribution is 2.14. The molecule has 114 valence electrons. The van der Waals surface area contributed by atoms with Gasteiger partial charge >= 0.3 is 5.97 Å². The number of aliphatic hydroxyl groups excluding tert-OH is 1. The lowest BCUT2D eigenvalue weighted by Crippen LogP contribution is -2.46. The molecular formula is C17H17NO4. The van der Waals surface area contributed by atoms with E-state index in [4.69, 9.17) is 0 Å². The molecular weight excluding hydrogens is 282 g/mol. The summed E-state index contributed by atoms with van der Waals surface area (Å²) in [6.07, 6.45) is 0. The van der Waals surface area contributed by atoms with Crippen LogP contribution < -0.4 is 0 Å². The fourth-order valence-electron chi connectivity index (χ4n) is 2.16. The van der Waals surface area contributed by atoms with Gasteiger partial charge in [0, 0.05) is 12.1 Å². The Bertz CT molecular complexity index is 628. The molecule has 2 aromatic carbocycles. The molecule has 0 fully saturated rings. The van der Waals surface area contributed by atoms with Crippen molar-refractivity contribution in [3.05, 3.63) is 71.8 Å². The quantitative estimate of drug-likeness (QED) is 0.852. The average molecular weight is 299 g/mol. The van der Waals surface area contributed by atoms with Crippen molar-refractivity contribution in [3.63, 3.8) is 0 Å². The minimum atomic E-state index is -1.28. The molecule has 1 atom stereocenters. The van der Waals surface area contributed by atoms with Gasteiger partial charge in [0.1, 0.15) is 0 Å². The van der Waals surface area contributed by atoms with Crippen molar-refractivity contribution >= 4 is 11.9 Å². The van der Waals surface area contributed by atoms with E-state index in [-0.39, 0.29) is 6.54 Å². The zero-order valence-corrected chi connectivity index (χ0v) is 11.9. The molecule has 0 aromatic heterocycles. The zero-order chi connectivity index (χ0) is 15.9. The van der Waals surface area contributed by atoms with Crippen molar-refractivity contribution in [2.45, 2.75) is 12.6 Å². The smallest absolute Gasteiger partial charge is 0.328 e. The highest BCUT2D eigenvalue weighted by Gasteiger charge is 2.29. The Hall–Kier alpha value is -2.66. The maximum absolute atomic E-state index is 12.6. The zero-order valence-electron chi connectivity index (χ0n) is 11.9. The van der Waals surface area contributed by atoms with Gasteiger partial charge in [-0.3, -0.25) is 4.79 Å². The van der Waals surface area contributed by atoms with E-state index in [1.807, 2.05) is 30.3 Å². The Morgan fingerprint density at radius 2 is 1.50 bits per heavy atom. The third kappa shape index (κ3) is 3.71. The van der Waals surface area contributed by atoms with Crippen molar-refractivity contribution in [2.24, 2.45) is 0 Å². The molecule has 2 aromatic rings. The number of hydrogen-bond donors (Lipinski definition) is 2. The number of carboxylic acids is 1. The van der Waals surface area contributed by atoms with Crippen molar-refractivity contribution in [2.75, 3.05) is 6.61 Å². The number of hydrogen-bond acceptors (Lipinski definition) is 3. The largest absolute Gasteiger partial charge is 0.480 e. The van der Waals surface area contributed by atoms with Crippen LogP contribution in [-0.2, 0) is 11.3 Å². The molecule has 2 N–H and O–H groups in total. The van der Waals surface area contributed by atoms with Crippen LogP contribution in [0.5, 0.6) is 0 Å². The first-order chi connectivity index (χ1) is 10.6. The van der Waals surface area contributed by atoms with E-state index in [2.05, 4.69) is 0 Å². The SMILES string of the molecule is O=C(O)[C@H](CO)N(Cc1ccccc1)C(=O)c1ccccc1. The highest BCUT2D eigenvalue weighted by atomic mass is 16.4. The van der Waals surface area contributed by atoms with Crippen LogP contribution in [-0.4, -0.2) is 39.6 Å². The summed E-state index contributed by atoms with van der Waals surface area (Å²) in [7, 11) is 0. The van der Waals surface area contributed by atoms with E-state index in [0.29, 0.717) is 5.56 Å². The number of carbonyl (C=O) groups excluding carboxylic acids is 1. The summed E-state index contributed by atoms with van der Waals surface area (Å²) in [5, 5.41) is 18.6. The second kappa shape index (κ2) is 7.38. The first-order valence-electron chi connectivity index (χ1n) is 6.87. The first kappa shape index (κ1) is 15.7. The number of aliphatic hydroxyl groups is 1. The molecule has 0 bridgehead atoms. The molecule has 0 saturated carbocycles. The lowest BCUT2D eigenvalue weighted by molar-refractivity contribution is -0.144. The Morgan fingerprint density at radius 3 is 2.00 bits per heavy atom. The number of nitrogens with zero attached hydrogens (tertiary/aromatic N) is 1. The van der Waals surface area contributed by atoms with Crippen LogP contribution in [0.4, 0.5) is 0 Å². The van der Waals surface area contributed by atoms with Gasteiger partial charge in [0.2, 0.25) is 0 Å². The van der Waals surface area contributed by atoms with Crippen molar-refractivity contribution in [1.82, 2.24) is 4.90 Å². The van der Waals surface area contributed by atoms with E-state index in [0.717, 1.165) is 5.56 Å². The summed E-state index contributed by atoms with van der Waals surface area (Å²) in [4.78, 5) is 25.1. The summed E-state index contributed by atoms with van der Waals surface area (Å²) in [6.45, 7) is -0.521. The predicted molar refractivity (Wildman–Crippen MR) is 81.3 cm³/mol. The minimum absolute atomic E-state index is 0.117. The molecule has 5 nitrogen and oxygen atoms in total. The van der Waals surface area contributed by atoms with Gasteiger partial charge in [0.15, 0.2) is 6.04 Å². The maximum Gasteiger partial charge on any atom is 0.328 e. The second-order valence-corrected chi connectivity index (χ2v) is 4.82. The Kier molecular flexibility index (Phi) is 5.27. The van der Waals surface area contributed by atoms with Gasteiger partial charge in [-0.2, -0.15) is 0 Å². The predicted octanol–water partition coefficient (Wildman–Crippen LogP) is 1.77. The van der Waals surface area contributed by atoms with E-state index in [9.17, 15) is 19.8 Å². The molecule has 0 aliphatic carbocycles. The van der Waals surface area contributed by atoms with Crippen LogP contribution in [0.3, 0.4) is 0 Å². The Labute approximate surface area is 128 Å². The standard InChI is InChI=1S/C17H17NO4/c19-12-15(17(21)22)18(11-13-7-3-1-4-8-13)16(20)14-9-5-2-6-10-14/h1-10,15,19H,11-12H2,(H,21,22)/t15-/m0/s1. The third-order valence-corrected chi connectivity index (χ3v) is 3.31. The van der Waals surface area contributed by atoms with E-state index in [1.54, 1.807) is 30.3 Å². The van der Waals surface area contributed by atoms with Crippen LogP contribution in [0.2, 0.25) is 0 Å². The summed E-state index contributed by atoms with van der Waals surface area (Å²) in [6, 6.07) is 16.2. The van der Waals surface area contributed by atoms with E-state index >= 15 is 0 Å². The molecule has 0 aliphatic heterocycles. The van der Waals surface area contributed by atoms with Crippen molar-refractivity contribution < 1.29 is 19.8 Å².